The maximum Gasteiger partial charge on any atom is 0.352 e. The Kier molecular flexibility index (Phi) is 3.26. The number of aryl methyl sites for hydroxylation is 1. The highest BCUT2D eigenvalue weighted by atomic mass is 32.2. The first-order valence-electron chi connectivity index (χ1n) is 5.22. The zero-order valence-corrected chi connectivity index (χ0v) is 10.8. The van der Waals surface area contributed by atoms with Gasteiger partial charge in [0.15, 0.2) is 0 Å². The second kappa shape index (κ2) is 4.73. The summed E-state index contributed by atoms with van der Waals surface area (Å²) in [6.07, 6.45) is 4.11. The van der Waals surface area contributed by atoms with E-state index in [-0.39, 0.29) is 10.6 Å². The Bertz CT molecular complexity index is 707. The van der Waals surface area contributed by atoms with Crippen molar-refractivity contribution >= 4 is 21.7 Å². The molecule has 0 atom stereocenters. The van der Waals surface area contributed by atoms with Crippen LogP contribution in [-0.2, 0) is 17.1 Å². The standard InChI is InChI=1S/C11H11N3O4S/c1-14-7-9(5-10(14)11(15)16)19(17,18)13-8-3-2-4-12-6-8/h2-7,13H,1H3,(H,15,16). The number of carboxylic acid groups (broad SMARTS) is 1. The molecular formula is C11H11N3O4S. The third-order valence-electron chi connectivity index (χ3n) is 2.42. The molecule has 0 saturated carbocycles. The lowest BCUT2D eigenvalue weighted by Gasteiger charge is -2.04. The van der Waals surface area contributed by atoms with Gasteiger partial charge in [0, 0.05) is 19.4 Å². The molecule has 0 saturated heterocycles. The summed E-state index contributed by atoms with van der Waals surface area (Å²) in [7, 11) is -2.36. The topological polar surface area (TPSA) is 101 Å². The van der Waals surface area contributed by atoms with Crippen molar-refractivity contribution in [2.45, 2.75) is 4.90 Å². The summed E-state index contributed by atoms with van der Waals surface area (Å²) in [5.41, 5.74) is 0.204. The fourth-order valence-corrected chi connectivity index (χ4v) is 2.64. The van der Waals surface area contributed by atoms with Crippen molar-refractivity contribution in [3.63, 3.8) is 0 Å². The van der Waals surface area contributed by atoms with Gasteiger partial charge in [0.2, 0.25) is 0 Å². The van der Waals surface area contributed by atoms with Crippen molar-refractivity contribution in [1.82, 2.24) is 9.55 Å². The fraction of sp³-hybridized carbons (Fsp3) is 0.0909. The van der Waals surface area contributed by atoms with Gasteiger partial charge in [0.05, 0.1) is 11.9 Å². The Morgan fingerprint density at radius 3 is 2.74 bits per heavy atom. The smallest absolute Gasteiger partial charge is 0.352 e. The summed E-state index contributed by atoms with van der Waals surface area (Å²) < 4.78 is 27.6. The molecule has 2 rings (SSSR count). The van der Waals surface area contributed by atoms with Crippen molar-refractivity contribution in [3.8, 4) is 0 Å². The summed E-state index contributed by atoms with van der Waals surface area (Å²) in [6, 6.07) is 4.23. The molecule has 0 aliphatic carbocycles. The van der Waals surface area contributed by atoms with Gasteiger partial charge in [-0.25, -0.2) is 13.2 Å². The highest BCUT2D eigenvalue weighted by Crippen LogP contribution is 2.17. The van der Waals surface area contributed by atoms with Gasteiger partial charge in [-0.1, -0.05) is 0 Å². The predicted octanol–water partition coefficient (Wildman–Crippen LogP) is 0.919. The minimum atomic E-state index is -3.82. The normalized spacial score (nSPS) is 11.2. The number of nitrogens with one attached hydrogen (secondary N) is 1. The molecule has 2 heterocycles. The van der Waals surface area contributed by atoms with E-state index < -0.39 is 16.0 Å². The molecular weight excluding hydrogens is 270 g/mol. The van der Waals surface area contributed by atoms with Crippen molar-refractivity contribution in [2.24, 2.45) is 7.05 Å². The number of aromatic carboxylic acids is 1. The first kappa shape index (κ1) is 13.1. The third-order valence-corrected chi connectivity index (χ3v) is 3.77. The van der Waals surface area contributed by atoms with Gasteiger partial charge in [0.1, 0.15) is 10.6 Å². The number of hydrogen-bond acceptors (Lipinski definition) is 4. The number of anilines is 1. The molecule has 2 aromatic rings. The van der Waals surface area contributed by atoms with Gasteiger partial charge >= 0.3 is 5.97 Å². The molecule has 0 aliphatic heterocycles. The van der Waals surface area contributed by atoms with E-state index in [1.807, 2.05) is 0 Å². The summed E-state index contributed by atoms with van der Waals surface area (Å²) in [6.45, 7) is 0. The minimum Gasteiger partial charge on any atom is -0.477 e. The zero-order valence-electron chi connectivity index (χ0n) is 9.94. The number of nitrogens with zero attached hydrogens (tertiary/aromatic N) is 2. The van der Waals surface area contributed by atoms with Crippen molar-refractivity contribution in [3.05, 3.63) is 42.5 Å². The van der Waals surface area contributed by atoms with Crippen LogP contribution >= 0.6 is 0 Å². The van der Waals surface area contributed by atoms with E-state index in [0.29, 0.717) is 5.69 Å². The highest BCUT2D eigenvalue weighted by Gasteiger charge is 2.20. The van der Waals surface area contributed by atoms with Crippen LogP contribution in [0.25, 0.3) is 0 Å². The molecule has 100 valence electrons. The van der Waals surface area contributed by atoms with Crippen molar-refractivity contribution < 1.29 is 18.3 Å². The Hall–Kier alpha value is -2.35. The lowest BCUT2D eigenvalue weighted by Crippen LogP contribution is -2.12. The van der Waals surface area contributed by atoms with Crippen molar-refractivity contribution in [2.75, 3.05) is 4.72 Å². The third kappa shape index (κ3) is 2.74. The van der Waals surface area contributed by atoms with E-state index in [0.717, 1.165) is 6.07 Å². The lowest BCUT2D eigenvalue weighted by molar-refractivity contribution is 0.0686. The molecule has 0 aliphatic rings. The number of rotatable bonds is 4. The molecule has 0 bridgehead atoms. The summed E-state index contributed by atoms with van der Waals surface area (Å²) in [4.78, 5) is 14.5. The van der Waals surface area contributed by atoms with Crippen LogP contribution < -0.4 is 4.72 Å². The van der Waals surface area contributed by atoms with Crippen LogP contribution in [-0.4, -0.2) is 29.0 Å². The first-order valence-corrected chi connectivity index (χ1v) is 6.71. The zero-order chi connectivity index (χ0) is 14.0. The first-order chi connectivity index (χ1) is 8.90. The highest BCUT2D eigenvalue weighted by molar-refractivity contribution is 7.92. The average Bonchev–Trinajstić information content (AvgIpc) is 2.73. The molecule has 0 spiro atoms. The summed E-state index contributed by atoms with van der Waals surface area (Å²) in [5.74, 6) is -1.19. The van der Waals surface area contributed by atoms with Gasteiger partial charge < -0.3 is 9.67 Å². The Morgan fingerprint density at radius 2 is 2.21 bits per heavy atom. The van der Waals surface area contributed by atoms with Crippen LogP contribution in [0.15, 0.2) is 41.7 Å². The van der Waals surface area contributed by atoms with Gasteiger partial charge in [-0.2, -0.15) is 0 Å². The van der Waals surface area contributed by atoms with Crippen LogP contribution in [0.2, 0.25) is 0 Å². The van der Waals surface area contributed by atoms with Crippen LogP contribution in [0.5, 0.6) is 0 Å². The maximum absolute atomic E-state index is 12.0. The number of pyridine rings is 1. The molecule has 19 heavy (non-hydrogen) atoms. The number of carboxylic acids is 1. The molecule has 0 aromatic carbocycles. The van der Waals surface area contributed by atoms with Crippen LogP contribution in [0.1, 0.15) is 10.5 Å². The minimum absolute atomic E-state index is 0.105. The van der Waals surface area contributed by atoms with E-state index in [2.05, 4.69) is 9.71 Å². The predicted molar refractivity (Wildman–Crippen MR) is 67.4 cm³/mol. The van der Waals surface area contributed by atoms with Crippen LogP contribution in [0, 0.1) is 0 Å². The molecule has 8 heteroatoms. The summed E-state index contributed by atoms with van der Waals surface area (Å²) >= 11 is 0. The second-order valence-electron chi connectivity index (χ2n) is 3.82. The second-order valence-corrected chi connectivity index (χ2v) is 5.51. The van der Waals surface area contributed by atoms with Gasteiger partial charge in [-0.15, -0.1) is 0 Å². The van der Waals surface area contributed by atoms with Crippen molar-refractivity contribution in [1.29, 1.82) is 0 Å². The van der Waals surface area contributed by atoms with Gasteiger partial charge in [0.25, 0.3) is 10.0 Å². The average molecular weight is 281 g/mol. The van der Waals surface area contributed by atoms with E-state index in [1.54, 1.807) is 12.1 Å². The fourth-order valence-electron chi connectivity index (χ4n) is 1.53. The van der Waals surface area contributed by atoms with Gasteiger partial charge in [-0.3, -0.25) is 9.71 Å². The number of hydrogen-bond donors (Lipinski definition) is 2. The van der Waals surface area contributed by atoms with E-state index >= 15 is 0 Å². The monoisotopic (exact) mass is 281 g/mol. The van der Waals surface area contributed by atoms with E-state index in [4.69, 9.17) is 5.11 Å². The van der Waals surface area contributed by atoms with E-state index in [9.17, 15) is 13.2 Å². The Morgan fingerprint density at radius 1 is 1.47 bits per heavy atom. The number of sulfonamides is 1. The number of aromatic nitrogens is 2. The Labute approximate surface area is 109 Å². The molecule has 0 radical (unpaired) electrons. The quantitative estimate of drug-likeness (QED) is 0.867. The number of carbonyl (C=O) groups is 1. The SMILES string of the molecule is Cn1cc(S(=O)(=O)Nc2cccnc2)cc1C(=O)O. The van der Waals surface area contributed by atoms with Crippen LogP contribution in [0.4, 0.5) is 5.69 Å². The lowest BCUT2D eigenvalue weighted by atomic mass is 10.4. The molecule has 7 nitrogen and oxygen atoms in total. The maximum atomic E-state index is 12.0. The molecule has 2 aromatic heterocycles. The van der Waals surface area contributed by atoms with E-state index in [1.165, 1.54) is 30.2 Å². The Balaban J connectivity index is 2.35. The molecule has 0 amide bonds. The molecule has 0 fully saturated rings. The largest absolute Gasteiger partial charge is 0.477 e. The summed E-state index contributed by atoms with van der Waals surface area (Å²) in [5, 5.41) is 8.89. The molecule has 2 N–H and O–H groups in total. The van der Waals surface area contributed by atoms with Gasteiger partial charge in [-0.05, 0) is 18.2 Å². The van der Waals surface area contributed by atoms with Crippen LogP contribution in [0.3, 0.4) is 0 Å². The molecule has 0 unspecified atom stereocenters.